The highest BCUT2D eigenvalue weighted by Crippen LogP contribution is 2.34. The molecule has 0 saturated heterocycles. The number of ether oxygens (including phenoxy) is 5. The maximum Gasteiger partial charge on any atom is 0.342 e. The first kappa shape index (κ1) is 17.8. The van der Waals surface area contributed by atoms with Gasteiger partial charge < -0.3 is 23.7 Å². The van der Waals surface area contributed by atoms with Gasteiger partial charge in [-0.05, 0) is 18.6 Å². The van der Waals surface area contributed by atoms with Gasteiger partial charge in [0.2, 0.25) is 0 Å². The van der Waals surface area contributed by atoms with Crippen LogP contribution < -0.4 is 9.47 Å². The molecule has 0 spiro atoms. The van der Waals surface area contributed by atoms with Crippen LogP contribution in [0.2, 0.25) is 0 Å². The third-order valence-corrected chi connectivity index (χ3v) is 2.87. The van der Waals surface area contributed by atoms with Crippen LogP contribution in [0.15, 0.2) is 12.1 Å². The second kappa shape index (κ2) is 8.89. The lowest BCUT2D eigenvalue weighted by Crippen LogP contribution is -2.14. The average molecular weight is 312 g/mol. The summed E-state index contributed by atoms with van der Waals surface area (Å²) in [5.74, 6) is -0.592. The van der Waals surface area contributed by atoms with Gasteiger partial charge in [-0.15, -0.1) is 0 Å². The van der Waals surface area contributed by atoms with Gasteiger partial charge in [-0.25, -0.2) is 4.79 Å². The molecule has 1 aromatic rings. The molecule has 0 unspecified atom stereocenters. The Morgan fingerprint density at radius 3 is 2.36 bits per heavy atom. The van der Waals surface area contributed by atoms with E-state index in [0.29, 0.717) is 17.9 Å². The summed E-state index contributed by atoms with van der Waals surface area (Å²) in [4.78, 5) is 23.5. The van der Waals surface area contributed by atoms with Crippen LogP contribution in [0.3, 0.4) is 0 Å². The molecule has 0 atom stereocenters. The molecule has 0 amide bonds. The van der Waals surface area contributed by atoms with Gasteiger partial charge in [-0.2, -0.15) is 0 Å². The summed E-state index contributed by atoms with van der Waals surface area (Å²) >= 11 is 0. The molecule has 0 aliphatic carbocycles. The van der Waals surface area contributed by atoms with Crippen molar-refractivity contribution >= 4 is 11.9 Å². The monoisotopic (exact) mass is 312 g/mol. The largest absolute Gasteiger partial charge is 0.492 e. The van der Waals surface area contributed by atoms with Crippen LogP contribution in [-0.2, 0) is 25.4 Å². The number of benzene rings is 1. The van der Waals surface area contributed by atoms with Crippen LogP contribution in [-0.4, -0.2) is 46.7 Å². The lowest BCUT2D eigenvalue weighted by molar-refractivity contribution is -0.139. The summed E-state index contributed by atoms with van der Waals surface area (Å²) in [6, 6.07) is 3.19. The Hall–Kier alpha value is -2.28. The molecule has 0 N–H and O–H groups in total. The van der Waals surface area contributed by atoms with Gasteiger partial charge in [0.1, 0.15) is 5.56 Å². The molecule has 1 aromatic carbocycles. The lowest BCUT2D eigenvalue weighted by Gasteiger charge is -2.16. The number of methoxy groups -OCH3 is 3. The van der Waals surface area contributed by atoms with Gasteiger partial charge in [-0.3, -0.25) is 4.79 Å². The molecule has 1 rings (SSSR count). The quantitative estimate of drug-likeness (QED) is 0.409. The van der Waals surface area contributed by atoms with E-state index in [0.717, 1.165) is 0 Å². The van der Waals surface area contributed by atoms with Crippen LogP contribution in [0, 0.1) is 0 Å². The zero-order chi connectivity index (χ0) is 16.5. The van der Waals surface area contributed by atoms with Crippen LogP contribution in [0.1, 0.15) is 22.8 Å². The van der Waals surface area contributed by atoms with Gasteiger partial charge in [-0.1, -0.05) is 6.07 Å². The van der Waals surface area contributed by atoms with E-state index < -0.39 is 11.9 Å². The number of hydrogen-bond donors (Lipinski definition) is 0. The molecule has 22 heavy (non-hydrogen) atoms. The molecule has 0 heterocycles. The smallest absolute Gasteiger partial charge is 0.342 e. The Balaban J connectivity index is 3.23. The normalized spacial score (nSPS) is 10.0. The molecule has 122 valence electrons. The highest BCUT2D eigenvalue weighted by atomic mass is 16.7. The first-order valence-electron chi connectivity index (χ1n) is 6.64. The minimum Gasteiger partial charge on any atom is -0.492 e. The second-order valence-corrected chi connectivity index (χ2v) is 4.13. The number of esters is 2. The van der Waals surface area contributed by atoms with E-state index in [1.807, 2.05) is 6.92 Å². The molecule has 0 fully saturated rings. The van der Waals surface area contributed by atoms with Crippen LogP contribution in [0.4, 0.5) is 0 Å². The Kier molecular flexibility index (Phi) is 7.18. The van der Waals surface area contributed by atoms with Gasteiger partial charge in [0.25, 0.3) is 0 Å². The average Bonchev–Trinajstić information content (AvgIpc) is 2.54. The molecule has 0 bridgehead atoms. The molecular formula is C15H20O7. The molecule has 0 aliphatic heterocycles. The SMILES string of the molecule is CCOCOc1ccc(CC(=O)OC)c(C(=O)OC)c1OC. The number of carbonyl (C=O) groups excluding carboxylic acids is 2. The van der Waals surface area contributed by atoms with E-state index in [1.54, 1.807) is 12.1 Å². The summed E-state index contributed by atoms with van der Waals surface area (Å²) in [5, 5.41) is 0. The van der Waals surface area contributed by atoms with Crippen molar-refractivity contribution < 1.29 is 33.3 Å². The first-order valence-corrected chi connectivity index (χ1v) is 6.64. The first-order chi connectivity index (χ1) is 10.6. The zero-order valence-electron chi connectivity index (χ0n) is 13.1. The van der Waals surface area contributed by atoms with Crippen molar-refractivity contribution in [3.8, 4) is 11.5 Å². The van der Waals surface area contributed by atoms with Crippen molar-refractivity contribution in [2.75, 3.05) is 34.7 Å². The van der Waals surface area contributed by atoms with E-state index in [1.165, 1.54) is 21.3 Å². The molecule has 0 aromatic heterocycles. The van der Waals surface area contributed by atoms with Crippen molar-refractivity contribution in [1.82, 2.24) is 0 Å². The van der Waals surface area contributed by atoms with Gasteiger partial charge >= 0.3 is 11.9 Å². The Bertz CT molecular complexity index is 525. The number of carbonyl (C=O) groups is 2. The standard InChI is InChI=1S/C15H20O7/c1-5-21-9-22-11-7-6-10(8-12(16)18-2)13(14(11)19-3)15(17)20-4/h6-7H,5,8-9H2,1-4H3. The molecule has 0 aliphatic rings. The fourth-order valence-electron chi connectivity index (χ4n) is 1.81. The lowest BCUT2D eigenvalue weighted by atomic mass is 10.0. The minimum atomic E-state index is -0.627. The maximum absolute atomic E-state index is 12.0. The van der Waals surface area contributed by atoms with E-state index in [-0.39, 0.29) is 24.5 Å². The molecular weight excluding hydrogens is 292 g/mol. The Morgan fingerprint density at radius 1 is 1.09 bits per heavy atom. The molecule has 7 nitrogen and oxygen atoms in total. The second-order valence-electron chi connectivity index (χ2n) is 4.13. The van der Waals surface area contributed by atoms with Crippen LogP contribution in [0.5, 0.6) is 11.5 Å². The topological polar surface area (TPSA) is 80.3 Å². The van der Waals surface area contributed by atoms with Gasteiger partial charge in [0.05, 0.1) is 27.8 Å². The van der Waals surface area contributed by atoms with E-state index >= 15 is 0 Å². The third-order valence-electron chi connectivity index (χ3n) is 2.87. The fourth-order valence-corrected chi connectivity index (χ4v) is 1.81. The molecule has 7 heteroatoms. The van der Waals surface area contributed by atoms with Crippen molar-refractivity contribution in [3.63, 3.8) is 0 Å². The van der Waals surface area contributed by atoms with E-state index in [4.69, 9.17) is 18.9 Å². The van der Waals surface area contributed by atoms with Crippen molar-refractivity contribution in [2.45, 2.75) is 13.3 Å². The van der Waals surface area contributed by atoms with Gasteiger partial charge in [0, 0.05) is 6.61 Å². The third kappa shape index (κ3) is 4.36. The minimum absolute atomic E-state index is 0.0177. The Morgan fingerprint density at radius 2 is 1.82 bits per heavy atom. The number of rotatable bonds is 8. The summed E-state index contributed by atoms with van der Waals surface area (Å²) in [5.41, 5.74) is 0.559. The Labute approximate surface area is 129 Å². The zero-order valence-corrected chi connectivity index (χ0v) is 13.1. The maximum atomic E-state index is 12.0. The van der Waals surface area contributed by atoms with E-state index in [9.17, 15) is 9.59 Å². The van der Waals surface area contributed by atoms with Crippen LogP contribution >= 0.6 is 0 Å². The summed E-state index contributed by atoms with van der Waals surface area (Å²) in [6.45, 7) is 2.34. The molecule has 0 radical (unpaired) electrons. The highest BCUT2D eigenvalue weighted by molar-refractivity contribution is 5.96. The van der Waals surface area contributed by atoms with Gasteiger partial charge in [0.15, 0.2) is 18.3 Å². The summed E-state index contributed by atoms with van der Waals surface area (Å²) in [7, 11) is 3.92. The van der Waals surface area contributed by atoms with E-state index in [2.05, 4.69) is 4.74 Å². The van der Waals surface area contributed by atoms with Crippen molar-refractivity contribution in [1.29, 1.82) is 0 Å². The summed E-state index contributed by atoms with van der Waals surface area (Å²) in [6.07, 6.45) is -0.0803. The summed E-state index contributed by atoms with van der Waals surface area (Å²) < 4.78 is 25.2. The molecule has 0 saturated carbocycles. The predicted molar refractivity (Wildman–Crippen MR) is 77.2 cm³/mol. The number of hydrogen-bond acceptors (Lipinski definition) is 7. The van der Waals surface area contributed by atoms with Crippen LogP contribution in [0.25, 0.3) is 0 Å². The predicted octanol–water partition coefficient (Wildman–Crippen LogP) is 1.57. The van der Waals surface area contributed by atoms with Crippen molar-refractivity contribution in [2.24, 2.45) is 0 Å². The highest BCUT2D eigenvalue weighted by Gasteiger charge is 2.23. The van der Waals surface area contributed by atoms with Crippen molar-refractivity contribution in [3.05, 3.63) is 23.3 Å². The fraction of sp³-hybridized carbons (Fsp3) is 0.467.